The SMILES string of the molecule is CC[C@@H]1[NH2+]CCc2c1[nH]c1ccc(OC)cc21. The van der Waals surface area contributed by atoms with E-state index in [1.807, 2.05) is 6.07 Å². The summed E-state index contributed by atoms with van der Waals surface area (Å²) >= 11 is 0. The maximum absolute atomic E-state index is 5.31. The highest BCUT2D eigenvalue weighted by molar-refractivity contribution is 5.86. The second kappa shape index (κ2) is 4.08. The second-order valence-electron chi connectivity index (χ2n) is 4.72. The van der Waals surface area contributed by atoms with E-state index >= 15 is 0 Å². The Hall–Kier alpha value is -1.48. The third kappa shape index (κ3) is 1.62. The molecule has 1 aromatic carbocycles. The summed E-state index contributed by atoms with van der Waals surface area (Å²) in [5.41, 5.74) is 4.15. The average Bonchev–Trinajstić information content (AvgIpc) is 2.76. The summed E-state index contributed by atoms with van der Waals surface area (Å²) in [6.45, 7) is 3.44. The first kappa shape index (κ1) is 10.7. The van der Waals surface area contributed by atoms with Crippen molar-refractivity contribution in [2.24, 2.45) is 0 Å². The molecule has 0 unspecified atom stereocenters. The van der Waals surface area contributed by atoms with Gasteiger partial charge in [0.05, 0.1) is 19.3 Å². The number of nitrogens with two attached hydrogens (primary N) is 1. The topological polar surface area (TPSA) is 41.6 Å². The van der Waals surface area contributed by atoms with Gasteiger partial charge in [0.2, 0.25) is 0 Å². The van der Waals surface area contributed by atoms with E-state index in [4.69, 9.17) is 4.74 Å². The van der Waals surface area contributed by atoms with E-state index in [0.29, 0.717) is 6.04 Å². The van der Waals surface area contributed by atoms with E-state index in [1.54, 1.807) is 7.11 Å². The minimum atomic E-state index is 0.595. The van der Waals surface area contributed by atoms with Gasteiger partial charge in [-0.2, -0.15) is 0 Å². The Morgan fingerprint density at radius 3 is 3.12 bits per heavy atom. The average molecular weight is 231 g/mol. The minimum absolute atomic E-state index is 0.595. The Morgan fingerprint density at radius 1 is 1.47 bits per heavy atom. The van der Waals surface area contributed by atoms with Crippen LogP contribution in [-0.2, 0) is 6.42 Å². The Balaban J connectivity index is 2.20. The molecule has 1 aliphatic rings. The second-order valence-corrected chi connectivity index (χ2v) is 4.72. The predicted molar refractivity (Wildman–Crippen MR) is 68.4 cm³/mol. The smallest absolute Gasteiger partial charge is 0.126 e. The highest BCUT2D eigenvalue weighted by Crippen LogP contribution is 2.31. The van der Waals surface area contributed by atoms with Crippen molar-refractivity contribution in [3.8, 4) is 5.75 Å². The molecule has 1 aliphatic heterocycles. The van der Waals surface area contributed by atoms with Gasteiger partial charge in [0.15, 0.2) is 0 Å². The number of aromatic amines is 1. The lowest BCUT2D eigenvalue weighted by Gasteiger charge is -2.19. The van der Waals surface area contributed by atoms with Crippen LogP contribution in [0.4, 0.5) is 0 Å². The standard InChI is InChI=1S/C14H18N2O/c1-3-12-14-10(6-7-15-12)11-8-9(17-2)4-5-13(11)16-14/h4-5,8,12,15-16H,3,6-7H2,1-2H3/p+1/t12-/m0/s1. The summed E-state index contributed by atoms with van der Waals surface area (Å²) in [5, 5.41) is 3.78. The molecule has 2 aromatic rings. The van der Waals surface area contributed by atoms with Gasteiger partial charge in [0.25, 0.3) is 0 Å². The summed E-state index contributed by atoms with van der Waals surface area (Å²) in [6.07, 6.45) is 2.33. The van der Waals surface area contributed by atoms with Crippen molar-refractivity contribution in [3.63, 3.8) is 0 Å². The van der Waals surface area contributed by atoms with Crippen LogP contribution in [0.25, 0.3) is 10.9 Å². The number of nitrogens with one attached hydrogen (secondary N) is 1. The number of fused-ring (bicyclic) bond motifs is 3. The van der Waals surface area contributed by atoms with Gasteiger partial charge in [-0.25, -0.2) is 0 Å². The molecule has 0 spiro atoms. The van der Waals surface area contributed by atoms with Gasteiger partial charge in [-0.15, -0.1) is 0 Å². The largest absolute Gasteiger partial charge is 0.497 e. The van der Waals surface area contributed by atoms with Gasteiger partial charge in [-0.05, 0) is 23.8 Å². The molecule has 3 rings (SSSR count). The molecule has 1 atom stereocenters. The van der Waals surface area contributed by atoms with Crippen molar-refractivity contribution >= 4 is 10.9 Å². The van der Waals surface area contributed by atoms with Gasteiger partial charge in [0.1, 0.15) is 11.8 Å². The number of hydrogen-bond acceptors (Lipinski definition) is 1. The van der Waals surface area contributed by atoms with Gasteiger partial charge < -0.3 is 15.0 Å². The van der Waals surface area contributed by atoms with Crippen molar-refractivity contribution in [1.29, 1.82) is 0 Å². The number of rotatable bonds is 2. The van der Waals surface area contributed by atoms with Crippen LogP contribution in [0.2, 0.25) is 0 Å². The lowest BCUT2D eigenvalue weighted by atomic mass is 9.98. The van der Waals surface area contributed by atoms with Crippen LogP contribution in [0.15, 0.2) is 18.2 Å². The molecule has 0 aliphatic carbocycles. The highest BCUT2D eigenvalue weighted by Gasteiger charge is 2.25. The third-order valence-electron chi connectivity index (χ3n) is 3.80. The Bertz CT molecular complexity index is 544. The van der Waals surface area contributed by atoms with E-state index in [2.05, 4.69) is 29.4 Å². The quantitative estimate of drug-likeness (QED) is 0.812. The van der Waals surface area contributed by atoms with Crippen LogP contribution in [0.1, 0.15) is 30.6 Å². The van der Waals surface area contributed by atoms with Crippen LogP contribution in [0.5, 0.6) is 5.75 Å². The Labute approximate surface area is 101 Å². The van der Waals surface area contributed by atoms with Gasteiger partial charge in [-0.3, -0.25) is 0 Å². The van der Waals surface area contributed by atoms with Crippen molar-refractivity contribution in [2.75, 3.05) is 13.7 Å². The summed E-state index contributed by atoms with van der Waals surface area (Å²) < 4.78 is 5.31. The molecular weight excluding hydrogens is 212 g/mol. The Morgan fingerprint density at radius 2 is 2.35 bits per heavy atom. The third-order valence-corrected chi connectivity index (χ3v) is 3.80. The lowest BCUT2D eigenvalue weighted by molar-refractivity contribution is -0.699. The lowest BCUT2D eigenvalue weighted by Crippen LogP contribution is -2.87. The molecule has 3 heteroatoms. The zero-order chi connectivity index (χ0) is 11.8. The number of benzene rings is 1. The zero-order valence-corrected chi connectivity index (χ0v) is 10.4. The molecule has 0 saturated carbocycles. The molecule has 90 valence electrons. The Kier molecular flexibility index (Phi) is 2.56. The first-order valence-electron chi connectivity index (χ1n) is 6.35. The molecule has 2 heterocycles. The molecule has 0 radical (unpaired) electrons. The molecule has 1 aromatic heterocycles. The molecular formula is C14H19N2O+. The summed E-state index contributed by atoms with van der Waals surface area (Å²) in [7, 11) is 1.73. The zero-order valence-electron chi connectivity index (χ0n) is 10.4. The highest BCUT2D eigenvalue weighted by atomic mass is 16.5. The minimum Gasteiger partial charge on any atom is -0.497 e. The van der Waals surface area contributed by atoms with E-state index < -0.39 is 0 Å². The van der Waals surface area contributed by atoms with Gasteiger partial charge in [0, 0.05) is 23.7 Å². The molecule has 17 heavy (non-hydrogen) atoms. The van der Waals surface area contributed by atoms with Crippen LogP contribution in [0.3, 0.4) is 0 Å². The van der Waals surface area contributed by atoms with Crippen LogP contribution in [-0.4, -0.2) is 18.6 Å². The summed E-state index contributed by atoms with van der Waals surface area (Å²) in [6, 6.07) is 6.90. The first-order valence-corrected chi connectivity index (χ1v) is 6.35. The van der Waals surface area contributed by atoms with E-state index in [-0.39, 0.29) is 0 Å². The number of methoxy groups -OCH3 is 1. The molecule has 0 fully saturated rings. The number of aromatic nitrogens is 1. The van der Waals surface area contributed by atoms with Gasteiger partial charge in [-0.1, -0.05) is 6.92 Å². The molecule has 0 bridgehead atoms. The van der Waals surface area contributed by atoms with E-state index in [9.17, 15) is 0 Å². The maximum atomic E-state index is 5.31. The number of H-pyrrole nitrogens is 1. The van der Waals surface area contributed by atoms with Crippen molar-refractivity contribution in [3.05, 3.63) is 29.5 Å². The summed E-state index contributed by atoms with van der Waals surface area (Å²) in [5.74, 6) is 0.946. The number of hydrogen-bond donors (Lipinski definition) is 2. The normalized spacial score (nSPS) is 19.3. The molecule has 3 nitrogen and oxygen atoms in total. The first-order chi connectivity index (χ1) is 8.33. The predicted octanol–water partition coefficient (Wildman–Crippen LogP) is 1.75. The number of ether oxygens (including phenoxy) is 1. The van der Waals surface area contributed by atoms with E-state index in [0.717, 1.165) is 12.2 Å². The summed E-state index contributed by atoms with van der Waals surface area (Å²) in [4.78, 5) is 3.58. The fourth-order valence-corrected chi connectivity index (χ4v) is 2.88. The molecule has 0 saturated heterocycles. The van der Waals surface area contributed by atoms with Gasteiger partial charge >= 0.3 is 0 Å². The maximum Gasteiger partial charge on any atom is 0.126 e. The fourth-order valence-electron chi connectivity index (χ4n) is 2.88. The van der Waals surface area contributed by atoms with Crippen LogP contribution in [0, 0.1) is 0 Å². The molecule has 3 N–H and O–H groups in total. The number of quaternary nitrogens is 1. The van der Waals surface area contributed by atoms with Crippen molar-refractivity contribution in [1.82, 2.24) is 4.98 Å². The monoisotopic (exact) mass is 231 g/mol. The van der Waals surface area contributed by atoms with E-state index in [1.165, 1.54) is 35.1 Å². The fraction of sp³-hybridized carbons (Fsp3) is 0.429. The van der Waals surface area contributed by atoms with Crippen LogP contribution < -0.4 is 10.1 Å². The van der Waals surface area contributed by atoms with Crippen molar-refractivity contribution < 1.29 is 10.1 Å². The molecule has 0 amide bonds. The van der Waals surface area contributed by atoms with Crippen LogP contribution >= 0.6 is 0 Å². The van der Waals surface area contributed by atoms with Crippen molar-refractivity contribution in [2.45, 2.75) is 25.8 Å².